The molecule has 0 spiro atoms. The van der Waals surface area contributed by atoms with Gasteiger partial charge in [-0.1, -0.05) is 6.92 Å². The molecule has 0 fully saturated rings. The fourth-order valence-electron chi connectivity index (χ4n) is 1.41. The Morgan fingerprint density at radius 1 is 1.21 bits per heavy atom. The van der Waals surface area contributed by atoms with Gasteiger partial charge in [0, 0.05) is 25.2 Å². The summed E-state index contributed by atoms with van der Waals surface area (Å²) >= 11 is 1.60. The molecule has 0 aromatic heterocycles. The minimum Gasteiger partial charge on any atom is -0.463 e. The maximum absolute atomic E-state index is 12.2. The van der Waals surface area contributed by atoms with Crippen molar-refractivity contribution in [2.75, 3.05) is 72.7 Å². The van der Waals surface area contributed by atoms with E-state index in [2.05, 4.69) is 0 Å². The molecule has 0 rings (SSSR count). The van der Waals surface area contributed by atoms with Crippen LogP contribution in [0.15, 0.2) is 0 Å². The smallest absolute Gasteiger partial charge is 0.463 e. The van der Waals surface area contributed by atoms with Crippen LogP contribution in [0.1, 0.15) is 6.92 Å². The summed E-state index contributed by atoms with van der Waals surface area (Å²) in [5.74, 6) is 0.919. The Balaban J connectivity index is 4.00. The van der Waals surface area contributed by atoms with Gasteiger partial charge in [-0.05, 0) is 0 Å². The van der Waals surface area contributed by atoms with E-state index in [1.54, 1.807) is 18.7 Å². The van der Waals surface area contributed by atoms with E-state index < -0.39 is 7.82 Å². The number of carbonyl (C=O) groups excluding carboxylic acids is 1. The lowest BCUT2D eigenvalue weighted by Crippen LogP contribution is -2.37. The normalized spacial score (nSPS) is 15.8. The quantitative estimate of drug-likeness (QED) is 0.206. The van der Waals surface area contributed by atoms with Crippen LogP contribution in [0.5, 0.6) is 0 Å². The van der Waals surface area contributed by atoms with Crippen molar-refractivity contribution < 1.29 is 32.2 Å². The average Bonchev–Trinajstić information content (AvgIpc) is 2.50. The summed E-state index contributed by atoms with van der Waals surface area (Å²) in [6.45, 7) is 3.22. The van der Waals surface area contributed by atoms with Crippen LogP contribution >= 0.6 is 19.6 Å². The zero-order chi connectivity index (χ0) is 18.6. The van der Waals surface area contributed by atoms with Gasteiger partial charge in [-0.25, -0.2) is 4.57 Å². The number of thioether (sulfide) groups is 1. The van der Waals surface area contributed by atoms with Crippen molar-refractivity contribution in [1.29, 1.82) is 0 Å². The van der Waals surface area contributed by atoms with Gasteiger partial charge in [0.15, 0.2) is 0 Å². The van der Waals surface area contributed by atoms with E-state index >= 15 is 0 Å². The van der Waals surface area contributed by atoms with Crippen LogP contribution < -0.4 is 5.73 Å². The number of hydrogen-bond donors (Lipinski definition) is 1. The third-order valence-corrected chi connectivity index (χ3v) is 5.55. The Labute approximate surface area is 149 Å². The van der Waals surface area contributed by atoms with Crippen molar-refractivity contribution >= 4 is 25.6 Å². The maximum atomic E-state index is 12.2. The standard InChI is InChI=1S/C14H32N2O6PS/c1-13(12-24-11-6-15)14(17)20-9-10-22-23(18,19-5)21-8-7-16(2,3)4/h13H,6-12,15H2,1-5H3/q+1. The van der Waals surface area contributed by atoms with E-state index in [-0.39, 0.29) is 31.7 Å². The highest BCUT2D eigenvalue weighted by Crippen LogP contribution is 2.48. The van der Waals surface area contributed by atoms with Crippen molar-refractivity contribution in [3.05, 3.63) is 0 Å². The lowest BCUT2D eigenvalue weighted by atomic mass is 10.2. The molecule has 2 atom stereocenters. The van der Waals surface area contributed by atoms with Crippen molar-refractivity contribution in [2.24, 2.45) is 11.7 Å². The van der Waals surface area contributed by atoms with Crippen molar-refractivity contribution in [1.82, 2.24) is 0 Å². The first-order valence-corrected chi connectivity index (χ1v) is 10.4. The van der Waals surface area contributed by atoms with Gasteiger partial charge in [0.05, 0.1) is 33.7 Å². The molecule has 0 saturated heterocycles. The summed E-state index contributed by atoms with van der Waals surface area (Å²) in [5, 5.41) is 0. The van der Waals surface area contributed by atoms with Gasteiger partial charge in [0.2, 0.25) is 0 Å². The molecule has 0 aliphatic heterocycles. The largest absolute Gasteiger partial charge is 0.474 e. The first-order chi connectivity index (χ1) is 11.1. The van der Waals surface area contributed by atoms with Crippen LogP contribution in [0.25, 0.3) is 0 Å². The molecular formula is C14H32N2O6PS+. The number of quaternary nitrogens is 1. The number of esters is 1. The predicted octanol–water partition coefficient (Wildman–Crippen LogP) is 1.35. The summed E-state index contributed by atoms with van der Waals surface area (Å²) in [7, 11) is 3.63. The summed E-state index contributed by atoms with van der Waals surface area (Å²) in [4.78, 5) is 11.8. The molecule has 0 heterocycles. The van der Waals surface area contributed by atoms with Gasteiger partial charge in [0.25, 0.3) is 0 Å². The lowest BCUT2D eigenvalue weighted by Gasteiger charge is -2.24. The average molecular weight is 387 g/mol. The highest BCUT2D eigenvalue weighted by Gasteiger charge is 2.26. The topological polar surface area (TPSA) is 97.1 Å². The van der Waals surface area contributed by atoms with Crippen molar-refractivity contribution in [3.63, 3.8) is 0 Å². The summed E-state index contributed by atoms with van der Waals surface area (Å²) in [6, 6.07) is 0. The number of likely N-dealkylation sites (N-methyl/N-ethyl adjacent to an activating group) is 1. The Kier molecular flexibility index (Phi) is 12.2. The minimum absolute atomic E-state index is 0.00320. The molecule has 2 unspecified atom stereocenters. The van der Waals surface area contributed by atoms with Crippen LogP contribution in [0, 0.1) is 5.92 Å². The molecule has 0 aromatic carbocycles. The third-order valence-electron chi connectivity index (χ3n) is 2.84. The van der Waals surface area contributed by atoms with E-state index in [4.69, 9.17) is 24.0 Å². The van der Waals surface area contributed by atoms with E-state index in [0.29, 0.717) is 23.3 Å². The first kappa shape index (κ1) is 23.9. The van der Waals surface area contributed by atoms with Crippen LogP contribution in [0.2, 0.25) is 0 Å². The van der Waals surface area contributed by atoms with Crippen LogP contribution in [-0.4, -0.2) is 83.1 Å². The zero-order valence-corrected chi connectivity index (χ0v) is 17.1. The maximum Gasteiger partial charge on any atom is 0.474 e. The van der Waals surface area contributed by atoms with Gasteiger partial charge in [-0.2, -0.15) is 11.8 Å². The molecule has 0 amide bonds. The van der Waals surface area contributed by atoms with E-state index in [1.807, 2.05) is 21.1 Å². The van der Waals surface area contributed by atoms with Crippen molar-refractivity contribution in [2.45, 2.75) is 6.92 Å². The second-order valence-corrected chi connectivity index (χ2v) is 9.17. The highest BCUT2D eigenvalue weighted by atomic mass is 32.2. The van der Waals surface area contributed by atoms with Gasteiger partial charge in [0.1, 0.15) is 19.8 Å². The van der Waals surface area contributed by atoms with Gasteiger partial charge in [-0.15, -0.1) is 0 Å². The van der Waals surface area contributed by atoms with Crippen LogP contribution in [0.3, 0.4) is 0 Å². The number of phosphoric ester groups is 1. The molecule has 0 aliphatic rings. The third kappa shape index (κ3) is 12.2. The van der Waals surface area contributed by atoms with Gasteiger partial charge < -0.3 is 15.0 Å². The van der Waals surface area contributed by atoms with Crippen LogP contribution in [-0.2, 0) is 27.7 Å². The molecule has 2 N–H and O–H groups in total. The molecule has 10 heteroatoms. The van der Waals surface area contributed by atoms with E-state index in [0.717, 1.165) is 5.75 Å². The number of ether oxygens (including phenoxy) is 1. The fraction of sp³-hybridized carbons (Fsp3) is 0.929. The molecule has 24 heavy (non-hydrogen) atoms. The second-order valence-electron chi connectivity index (χ2n) is 6.24. The number of phosphoric acid groups is 1. The fourth-order valence-corrected chi connectivity index (χ4v) is 3.13. The zero-order valence-electron chi connectivity index (χ0n) is 15.4. The summed E-state index contributed by atoms with van der Waals surface area (Å²) in [5.41, 5.74) is 5.40. The SMILES string of the molecule is COP(=O)(OCCOC(=O)C(C)CSCCN)OCC[N+](C)(C)C. The first-order valence-electron chi connectivity index (χ1n) is 7.83. The second kappa shape index (κ2) is 12.2. The number of hydrogen-bond acceptors (Lipinski definition) is 8. The van der Waals surface area contributed by atoms with Crippen LogP contribution in [0.4, 0.5) is 0 Å². The Hall–Kier alpha value is -0.150. The predicted molar refractivity (Wildman–Crippen MR) is 95.9 cm³/mol. The number of rotatable bonds is 14. The van der Waals surface area contributed by atoms with Gasteiger partial charge in [-0.3, -0.25) is 18.4 Å². The number of nitrogens with zero attached hydrogens (tertiary/aromatic N) is 1. The molecule has 0 bridgehead atoms. The van der Waals surface area contributed by atoms with E-state index in [1.165, 1.54) is 7.11 Å². The van der Waals surface area contributed by atoms with Crippen molar-refractivity contribution in [3.8, 4) is 0 Å². The summed E-state index contributed by atoms with van der Waals surface area (Å²) in [6.07, 6.45) is 0. The molecule has 0 radical (unpaired) electrons. The Morgan fingerprint density at radius 3 is 2.38 bits per heavy atom. The number of carbonyl (C=O) groups is 1. The molecule has 0 saturated carbocycles. The lowest BCUT2D eigenvalue weighted by molar-refractivity contribution is -0.870. The molecule has 0 aromatic rings. The minimum atomic E-state index is -3.61. The number of nitrogens with two attached hydrogens (primary N) is 1. The van der Waals surface area contributed by atoms with Gasteiger partial charge >= 0.3 is 13.8 Å². The highest BCUT2D eigenvalue weighted by molar-refractivity contribution is 7.99. The Bertz CT molecular complexity index is 405. The van der Waals surface area contributed by atoms with E-state index in [9.17, 15) is 9.36 Å². The molecule has 0 aliphatic carbocycles. The molecular weight excluding hydrogens is 355 g/mol. The molecule has 144 valence electrons. The summed E-state index contributed by atoms with van der Waals surface area (Å²) < 4.78 is 33.1. The molecule has 8 nitrogen and oxygen atoms in total. The monoisotopic (exact) mass is 387 g/mol. The Morgan fingerprint density at radius 2 is 1.83 bits per heavy atom.